The number of aryl methyl sites for hydroxylation is 1. The van der Waals surface area contributed by atoms with Crippen LogP contribution in [0, 0.1) is 6.92 Å². The second kappa shape index (κ2) is 13.7. The Morgan fingerprint density at radius 3 is 1.04 bits per heavy atom. The van der Waals surface area contributed by atoms with Crippen molar-refractivity contribution in [1.82, 2.24) is 0 Å². The molecular formula is C40H30O6. The number of carbonyl (C=O) groups excluding carboxylic acids is 2. The molecular weight excluding hydrogens is 576 g/mol. The second-order valence-corrected chi connectivity index (χ2v) is 10.6. The topological polar surface area (TPSA) is 71.1 Å². The predicted molar refractivity (Wildman–Crippen MR) is 178 cm³/mol. The van der Waals surface area contributed by atoms with Crippen molar-refractivity contribution in [3.63, 3.8) is 0 Å². The van der Waals surface area contributed by atoms with Crippen molar-refractivity contribution >= 4 is 11.9 Å². The van der Waals surface area contributed by atoms with Gasteiger partial charge in [-0.05, 0) is 114 Å². The third kappa shape index (κ3) is 7.31. The first kappa shape index (κ1) is 29.9. The van der Waals surface area contributed by atoms with E-state index >= 15 is 0 Å². The molecule has 0 radical (unpaired) electrons. The van der Waals surface area contributed by atoms with E-state index in [1.54, 1.807) is 55.6 Å². The molecule has 0 aliphatic rings. The van der Waals surface area contributed by atoms with Gasteiger partial charge in [-0.1, -0.05) is 66.2 Å². The molecule has 0 unspecified atom stereocenters. The number of methoxy groups -OCH3 is 1. The molecule has 0 aromatic heterocycles. The molecule has 6 aromatic rings. The number of carbonyl (C=O) groups is 2. The highest BCUT2D eigenvalue weighted by Crippen LogP contribution is 2.28. The van der Waals surface area contributed by atoms with Crippen molar-refractivity contribution in [2.45, 2.75) is 6.92 Å². The Kier molecular flexibility index (Phi) is 8.88. The number of rotatable bonds is 9. The lowest BCUT2D eigenvalue weighted by molar-refractivity contribution is 0.0720. The van der Waals surface area contributed by atoms with Gasteiger partial charge in [0.1, 0.15) is 28.7 Å². The Labute approximate surface area is 267 Å². The zero-order chi connectivity index (χ0) is 31.9. The molecule has 0 heterocycles. The fourth-order valence-electron chi connectivity index (χ4n) is 4.75. The zero-order valence-corrected chi connectivity index (χ0v) is 25.3. The van der Waals surface area contributed by atoms with Gasteiger partial charge in [-0.3, -0.25) is 0 Å². The van der Waals surface area contributed by atoms with Gasteiger partial charge in [0.2, 0.25) is 0 Å². The van der Waals surface area contributed by atoms with E-state index in [2.05, 4.69) is 0 Å². The summed E-state index contributed by atoms with van der Waals surface area (Å²) in [4.78, 5) is 25.5. The van der Waals surface area contributed by atoms with Gasteiger partial charge in [-0.2, -0.15) is 0 Å². The maximum Gasteiger partial charge on any atom is 0.343 e. The van der Waals surface area contributed by atoms with Crippen LogP contribution < -0.4 is 18.9 Å². The predicted octanol–water partition coefficient (Wildman–Crippen LogP) is 9.57. The van der Waals surface area contributed by atoms with E-state index in [-0.39, 0.29) is 0 Å². The third-order valence-corrected chi connectivity index (χ3v) is 7.35. The Bertz CT molecular complexity index is 1930. The van der Waals surface area contributed by atoms with Crippen LogP contribution in [0.1, 0.15) is 26.3 Å². The Morgan fingerprint density at radius 2 is 0.696 bits per heavy atom. The Hall–Kier alpha value is -6.14. The summed E-state index contributed by atoms with van der Waals surface area (Å²) >= 11 is 0. The van der Waals surface area contributed by atoms with Gasteiger partial charge in [0, 0.05) is 0 Å². The Balaban J connectivity index is 1.02. The van der Waals surface area contributed by atoms with Gasteiger partial charge in [0.25, 0.3) is 0 Å². The first-order valence-electron chi connectivity index (χ1n) is 14.7. The summed E-state index contributed by atoms with van der Waals surface area (Å²) in [5.74, 6) is 2.09. The summed E-state index contributed by atoms with van der Waals surface area (Å²) < 4.78 is 22.2. The van der Waals surface area contributed by atoms with Crippen LogP contribution in [0.3, 0.4) is 0 Å². The minimum absolute atomic E-state index is 0.314. The van der Waals surface area contributed by atoms with Crippen LogP contribution in [0.4, 0.5) is 0 Å². The zero-order valence-electron chi connectivity index (χ0n) is 25.3. The molecule has 0 spiro atoms. The molecule has 0 aliphatic carbocycles. The average Bonchev–Trinajstić information content (AvgIpc) is 3.10. The van der Waals surface area contributed by atoms with Crippen molar-refractivity contribution in [2.24, 2.45) is 0 Å². The third-order valence-electron chi connectivity index (χ3n) is 7.35. The van der Waals surface area contributed by atoms with E-state index in [0.29, 0.717) is 22.6 Å². The highest BCUT2D eigenvalue weighted by Gasteiger charge is 2.13. The van der Waals surface area contributed by atoms with Crippen LogP contribution in [0.5, 0.6) is 28.7 Å². The van der Waals surface area contributed by atoms with Gasteiger partial charge < -0.3 is 18.9 Å². The molecule has 0 N–H and O–H groups in total. The fraction of sp³-hybridized carbons (Fsp3) is 0.0500. The molecule has 0 saturated carbocycles. The summed E-state index contributed by atoms with van der Waals surface area (Å²) in [6.07, 6.45) is 0. The van der Waals surface area contributed by atoms with Crippen LogP contribution in [0.25, 0.3) is 22.3 Å². The van der Waals surface area contributed by atoms with Crippen LogP contribution in [-0.2, 0) is 0 Å². The first-order chi connectivity index (χ1) is 22.4. The van der Waals surface area contributed by atoms with Crippen molar-refractivity contribution in [3.8, 4) is 51.0 Å². The van der Waals surface area contributed by atoms with Gasteiger partial charge in [-0.15, -0.1) is 0 Å². The second-order valence-electron chi connectivity index (χ2n) is 10.6. The molecule has 6 heteroatoms. The maximum atomic E-state index is 12.8. The van der Waals surface area contributed by atoms with E-state index in [1.165, 1.54) is 5.56 Å². The van der Waals surface area contributed by atoms with E-state index < -0.39 is 11.9 Å². The lowest BCUT2D eigenvalue weighted by Crippen LogP contribution is -2.11. The molecule has 6 aromatic carbocycles. The first-order valence-corrected chi connectivity index (χ1v) is 14.7. The molecule has 0 saturated heterocycles. The van der Waals surface area contributed by atoms with Crippen molar-refractivity contribution in [3.05, 3.63) is 162 Å². The number of hydrogen-bond donors (Lipinski definition) is 0. The number of esters is 2. The Morgan fingerprint density at radius 1 is 0.391 bits per heavy atom. The standard InChI is InChI=1S/C40H30O6/c1-27-3-17-35(18-4-27)44-36-21-11-29(12-22-36)31-15-25-38(26-16-31)46-40(42)33-7-5-32(6-8-33)39(41)45-37-23-13-30(14-24-37)28-9-19-34(43-2)20-10-28/h3-26H,1-2H3. The molecule has 46 heavy (non-hydrogen) atoms. The fourth-order valence-corrected chi connectivity index (χ4v) is 4.75. The van der Waals surface area contributed by atoms with Crippen molar-refractivity contribution in [2.75, 3.05) is 7.11 Å². The number of hydrogen-bond acceptors (Lipinski definition) is 6. The summed E-state index contributed by atoms with van der Waals surface area (Å²) in [5.41, 5.74) is 5.79. The number of ether oxygens (including phenoxy) is 4. The summed E-state index contributed by atoms with van der Waals surface area (Å²) in [6.45, 7) is 2.04. The van der Waals surface area contributed by atoms with E-state index in [1.807, 2.05) is 104 Å². The highest BCUT2D eigenvalue weighted by molar-refractivity contribution is 5.95. The molecule has 0 atom stereocenters. The van der Waals surface area contributed by atoms with Crippen LogP contribution >= 0.6 is 0 Å². The van der Waals surface area contributed by atoms with E-state index in [4.69, 9.17) is 18.9 Å². The van der Waals surface area contributed by atoms with Gasteiger partial charge in [0.05, 0.1) is 18.2 Å². The number of benzene rings is 6. The lowest BCUT2D eigenvalue weighted by Gasteiger charge is -2.09. The molecule has 0 aliphatic heterocycles. The normalized spacial score (nSPS) is 10.6. The largest absolute Gasteiger partial charge is 0.497 e. The van der Waals surface area contributed by atoms with Crippen LogP contribution in [0.15, 0.2) is 146 Å². The smallest absolute Gasteiger partial charge is 0.343 e. The van der Waals surface area contributed by atoms with Crippen LogP contribution in [-0.4, -0.2) is 19.0 Å². The monoisotopic (exact) mass is 606 g/mol. The van der Waals surface area contributed by atoms with Crippen LogP contribution in [0.2, 0.25) is 0 Å². The van der Waals surface area contributed by atoms with Gasteiger partial charge in [-0.25, -0.2) is 9.59 Å². The molecule has 0 bridgehead atoms. The summed E-state index contributed by atoms with van der Waals surface area (Å²) in [6, 6.07) is 44.1. The maximum absolute atomic E-state index is 12.8. The molecule has 0 amide bonds. The van der Waals surface area contributed by atoms with Crippen molar-refractivity contribution < 1.29 is 28.5 Å². The highest BCUT2D eigenvalue weighted by atomic mass is 16.5. The minimum Gasteiger partial charge on any atom is -0.497 e. The summed E-state index contributed by atoms with van der Waals surface area (Å²) in [5, 5.41) is 0. The summed E-state index contributed by atoms with van der Waals surface area (Å²) in [7, 11) is 1.63. The van der Waals surface area contributed by atoms with E-state index in [9.17, 15) is 9.59 Å². The quantitative estimate of drug-likeness (QED) is 0.121. The molecule has 0 fully saturated rings. The van der Waals surface area contributed by atoms with Gasteiger partial charge in [0.15, 0.2) is 0 Å². The SMILES string of the molecule is COc1ccc(-c2ccc(OC(=O)c3ccc(C(=O)Oc4ccc(-c5ccc(Oc6ccc(C)cc6)cc5)cc4)cc3)cc2)cc1. The molecule has 6 rings (SSSR count). The van der Waals surface area contributed by atoms with Gasteiger partial charge >= 0.3 is 11.9 Å². The molecule has 226 valence electrons. The lowest BCUT2D eigenvalue weighted by atomic mass is 10.1. The average molecular weight is 607 g/mol. The molecule has 6 nitrogen and oxygen atoms in total. The van der Waals surface area contributed by atoms with Crippen molar-refractivity contribution in [1.29, 1.82) is 0 Å². The van der Waals surface area contributed by atoms with E-state index in [0.717, 1.165) is 39.5 Å². The minimum atomic E-state index is -0.528.